The Morgan fingerprint density at radius 3 is 2.63 bits per heavy atom. The van der Waals surface area contributed by atoms with Gasteiger partial charge in [-0.15, -0.1) is 0 Å². The first-order valence-electron chi connectivity index (χ1n) is 8.30. The molecule has 27 heavy (non-hydrogen) atoms. The molecule has 0 radical (unpaired) electrons. The van der Waals surface area contributed by atoms with Gasteiger partial charge in [-0.2, -0.15) is 10.2 Å². The van der Waals surface area contributed by atoms with E-state index in [0.717, 1.165) is 16.8 Å². The molecule has 2 N–H and O–H groups in total. The van der Waals surface area contributed by atoms with E-state index in [2.05, 4.69) is 20.7 Å². The van der Waals surface area contributed by atoms with Gasteiger partial charge in [-0.3, -0.25) is 9.89 Å². The molecule has 2 aromatic carbocycles. The second-order valence-corrected chi connectivity index (χ2v) is 5.75. The molecule has 3 aromatic rings. The SMILES string of the molecule is COc1ccc(OC)c(/C=N\NC(=O)c2[nH]nc(-c3ccccc3)c2C)c1. The van der Waals surface area contributed by atoms with Crippen LogP contribution in [0.25, 0.3) is 11.3 Å². The standard InChI is InChI=1S/C20H20N4O3/c1-13-18(14-7-5-4-6-8-14)22-23-19(13)20(25)24-21-12-15-11-16(26-2)9-10-17(15)27-3/h4-12H,1-3H3,(H,22,23)(H,24,25)/b21-12-. The van der Waals surface area contributed by atoms with Crippen molar-refractivity contribution < 1.29 is 14.3 Å². The van der Waals surface area contributed by atoms with Crippen LogP contribution in [0.4, 0.5) is 0 Å². The van der Waals surface area contributed by atoms with E-state index in [0.29, 0.717) is 22.8 Å². The quantitative estimate of drug-likeness (QED) is 0.519. The number of carbonyl (C=O) groups excluding carboxylic acids is 1. The molecule has 0 spiro atoms. The van der Waals surface area contributed by atoms with Gasteiger partial charge in [0.05, 0.1) is 26.1 Å². The van der Waals surface area contributed by atoms with Crippen molar-refractivity contribution in [1.29, 1.82) is 0 Å². The Morgan fingerprint density at radius 2 is 1.93 bits per heavy atom. The number of hydrogen-bond acceptors (Lipinski definition) is 5. The summed E-state index contributed by atoms with van der Waals surface area (Å²) in [7, 11) is 3.15. The van der Waals surface area contributed by atoms with Crippen molar-refractivity contribution >= 4 is 12.1 Å². The Labute approximate surface area is 157 Å². The molecule has 0 fully saturated rings. The van der Waals surface area contributed by atoms with Crippen LogP contribution in [-0.4, -0.2) is 36.5 Å². The van der Waals surface area contributed by atoms with Gasteiger partial charge in [0.2, 0.25) is 0 Å². The van der Waals surface area contributed by atoms with E-state index in [4.69, 9.17) is 9.47 Å². The largest absolute Gasteiger partial charge is 0.497 e. The lowest BCUT2D eigenvalue weighted by atomic mass is 10.1. The molecular formula is C20H20N4O3. The van der Waals surface area contributed by atoms with Crippen molar-refractivity contribution in [3.63, 3.8) is 0 Å². The average Bonchev–Trinajstić information content (AvgIpc) is 3.10. The van der Waals surface area contributed by atoms with E-state index in [1.54, 1.807) is 32.4 Å². The molecule has 3 rings (SSSR count). The summed E-state index contributed by atoms with van der Waals surface area (Å²) < 4.78 is 10.5. The number of H-pyrrole nitrogens is 1. The van der Waals surface area contributed by atoms with Crippen LogP contribution in [0, 0.1) is 6.92 Å². The zero-order valence-electron chi connectivity index (χ0n) is 15.3. The molecule has 0 aliphatic carbocycles. The third kappa shape index (κ3) is 3.98. The number of benzene rings is 2. The lowest BCUT2D eigenvalue weighted by Gasteiger charge is -2.06. The highest BCUT2D eigenvalue weighted by Gasteiger charge is 2.16. The maximum absolute atomic E-state index is 12.4. The number of amides is 1. The van der Waals surface area contributed by atoms with Gasteiger partial charge in [-0.05, 0) is 25.1 Å². The van der Waals surface area contributed by atoms with Gasteiger partial charge >= 0.3 is 0 Å². The number of ether oxygens (including phenoxy) is 2. The summed E-state index contributed by atoms with van der Waals surface area (Å²) in [5.41, 5.74) is 5.99. The van der Waals surface area contributed by atoms with Crippen LogP contribution in [0.3, 0.4) is 0 Å². The van der Waals surface area contributed by atoms with E-state index in [1.807, 2.05) is 37.3 Å². The second kappa shape index (κ2) is 8.18. The summed E-state index contributed by atoms with van der Waals surface area (Å²) in [4.78, 5) is 12.4. The Morgan fingerprint density at radius 1 is 1.15 bits per heavy atom. The summed E-state index contributed by atoms with van der Waals surface area (Å²) in [6, 6.07) is 15.0. The van der Waals surface area contributed by atoms with E-state index in [-0.39, 0.29) is 5.91 Å². The number of carbonyl (C=O) groups is 1. The lowest BCUT2D eigenvalue weighted by Crippen LogP contribution is -2.19. The topological polar surface area (TPSA) is 88.6 Å². The van der Waals surface area contributed by atoms with Crippen LogP contribution >= 0.6 is 0 Å². The van der Waals surface area contributed by atoms with Crippen LogP contribution in [-0.2, 0) is 0 Å². The maximum Gasteiger partial charge on any atom is 0.289 e. The molecule has 0 aliphatic rings. The summed E-state index contributed by atoms with van der Waals surface area (Å²) in [6.45, 7) is 1.84. The van der Waals surface area contributed by atoms with E-state index in [9.17, 15) is 4.79 Å². The number of nitrogens with one attached hydrogen (secondary N) is 2. The predicted molar refractivity (Wildman–Crippen MR) is 103 cm³/mol. The fraction of sp³-hybridized carbons (Fsp3) is 0.150. The van der Waals surface area contributed by atoms with Crippen LogP contribution in [0.15, 0.2) is 53.6 Å². The Kier molecular flexibility index (Phi) is 5.51. The van der Waals surface area contributed by atoms with Gasteiger partial charge in [-0.25, -0.2) is 5.43 Å². The highest BCUT2D eigenvalue weighted by Crippen LogP contribution is 2.23. The number of aromatic nitrogens is 2. The number of hydrazone groups is 1. The van der Waals surface area contributed by atoms with Crippen molar-refractivity contribution in [3.8, 4) is 22.8 Å². The van der Waals surface area contributed by atoms with Crippen LogP contribution in [0.5, 0.6) is 11.5 Å². The van der Waals surface area contributed by atoms with Crippen LogP contribution < -0.4 is 14.9 Å². The summed E-state index contributed by atoms with van der Waals surface area (Å²) in [6.07, 6.45) is 1.50. The van der Waals surface area contributed by atoms with Crippen molar-refractivity contribution in [3.05, 3.63) is 65.4 Å². The zero-order valence-corrected chi connectivity index (χ0v) is 15.3. The minimum atomic E-state index is -0.375. The van der Waals surface area contributed by atoms with Gasteiger partial charge in [0.25, 0.3) is 5.91 Å². The van der Waals surface area contributed by atoms with Crippen molar-refractivity contribution in [1.82, 2.24) is 15.6 Å². The average molecular weight is 364 g/mol. The second-order valence-electron chi connectivity index (χ2n) is 5.75. The summed E-state index contributed by atoms with van der Waals surface area (Å²) in [5.74, 6) is 0.915. The smallest absolute Gasteiger partial charge is 0.289 e. The lowest BCUT2D eigenvalue weighted by molar-refractivity contribution is 0.0949. The number of nitrogens with zero attached hydrogens (tertiary/aromatic N) is 2. The monoisotopic (exact) mass is 364 g/mol. The van der Waals surface area contributed by atoms with Gasteiger partial charge < -0.3 is 9.47 Å². The fourth-order valence-corrected chi connectivity index (χ4v) is 2.65. The number of hydrogen-bond donors (Lipinski definition) is 2. The normalized spacial score (nSPS) is 10.8. The zero-order chi connectivity index (χ0) is 19.2. The van der Waals surface area contributed by atoms with Crippen molar-refractivity contribution in [2.24, 2.45) is 5.10 Å². The first kappa shape index (κ1) is 18.2. The molecule has 1 aromatic heterocycles. The Bertz CT molecular complexity index is 965. The van der Waals surface area contributed by atoms with Gasteiger partial charge in [0.15, 0.2) is 0 Å². The molecule has 0 saturated heterocycles. The van der Waals surface area contributed by atoms with Crippen molar-refractivity contribution in [2.75, 3.05) is 14.2 Å². The van der Waals surface area contributed by atoms with Gasteiger partial charge in [0, 0.05) is 16.7 Å². The highest BCUT2D eigenvalue weighted by atomic mass is 16.5. The summed E-state index contributed by atoms with van der Waals surface area (Å²) in [5, 5.41) is 11.0. The molecular weight excluding hydrogens is 344 g/mol. The third-order valence-corrected chi connectivity index (χ3v) is 4.09. The molecule has 0 aliphatic heterocycles. The number of aromatic amines is 1. The predicted octanol–water partition coefficient (Wildman–Crippen LogP) is 3.17. The first-order valence-corrected chi connectivity index (χ1v) is 8.30. The number of methoxy groups -OCH3 is 2. The first-order chi connectivity index (χ1) is 13.1. The Balaban J connectivity index is 1.75. The highest BCUT2D eigenvalue weighted by molar-refractivity contribution is 5.96. The van der Waals surface area contributed by atoms with Crippen molar-refractivity contribution in [2.45, 2.75) is 6.92 Å². The molecule has 1 heterocycles. The number of rotatable bonds is 6. The molecule has 138 valence electrons. The van der Waals surface area contributed by atoms with Crippen LogP contribution in [0.1, 0.15) is 21.6 Å². The minimum absolute atomic E-state index is 0.364. The molecule has 7 nitrogen and oxygen atoms in total. The fourth-order valence-electron chi connectivity index (χ4n) is 2.65. The van der Waals surface area contributed by atoms with Gasteiger partial charge in [-0.1, -0.05) is 30.3 Å². The molecule has 0 atom stereocenters. The van der Waals surface area contributed by atoms with Gasteiger partial charge in [0.1, 0.15) is 17.2 Å². The Hall–Kier alpha value is -3.61. The van der Waals surface area contributed by atoms with E-state index in [1.165, 1.54) is 6.21 Å². The summed E-state index contributed by atoms with van der Waals surface area (Å²) >= 11 is 0. The van der Waals surface area contributed by atoms with E-state index >= 15 is 0 Å². The van der Waals surface area contributed by atoms with Crippen LogP contribution in [0.2, 0.25) is 0 Å². The minimum Gasteiger partial charge on any atom is -0.497 e. The molecule has 7 heteroatoms. The third-order valence-electron chi connectivity index (χ3n) is 4.09. The molecule has 0 saturated carbocycles. The molecule has 1 amide bonds. The van der Waals surface area contributed by atoms with E-state index < -0.39 is 0 Å². The molecule has 0 bridgehead atoms. The maximum atomic E-state index is 12.4. The molecule has 0 unspecified atom stereocenters.